The molecule has 5 rings (SSSR count). The molecule has 0 saturated carbocycles. The van der Waals surface area contributed by atoms with E-state index in [0.717, 1.165) is 21.3 Å². The third-order valence-corrected chi connectivity index (χ3v) is 6.69. The topological polar surface area (TPSA) is 86.3 Å². The van der Waals surface area contributed by atoms with Crippen molar-refractivity contribution >= 4 is 39.1 Å². The van der Waals surface area contributed by atoms with Crippen molar-refractivity contribution < 1.29 is 9.53 Å². The number of carbonyl (C=O) groups excluding carboxylic acids is 1. The zero-order valence-corrected chi connectivity index (χ0v) is 21.3. The molecule has 35 heavy (non-hydrogen) atoms. The summed E-state index contributed by atoms with van der Waals surface area (Å²) in [5, 5.41) is 5.37. The van der Waals surface area contributed by atoms with E-state index >= 15 is 0 Å². The van der Waals surface area contributed by atoms with Gasteiger partial charge >= 0.3 is 0 Å². The molecule has 0 spiro atoms. The second kappa shape index (κ2) is 9.81. The Balaban J connectivity index is 1.53. The fourth-order valence-corrected chi connectivity index (χ4v) is 4.46. The number of halogens is 2. The van der Waals surface area contributed by atoms with E-state index in [0.29, 0.717) is 35.1 Å². The zero-order valence-electron chi connectivity index (χ0n) is 18.9. The van der Waals surface area contributed by atoms with Crippen LogP contribution in [0.1, 0.15) is 24.3 Å². The molecule has 2 aromatic heterocycles. The number of pyridine rings is 1. The summed E-state index contributed by atoms with van der Waals surface area (Å²) in [7, 11) is 0. The molecule has 1 fully saturated rings. The Morgan fingerprint density at radius 3 is 2.51 bits per heavy atom. The molecule has 2 unspecified atom stereocenters. The molecule has 2 atom stereocenters. The first kappa shape index (κ1) is 23.5. The van der Waals surface area contributed by atoms with Crippen molar-refractivity contribution in [3.63, 3.8) is 0 Å². The molecular formula is C26H23BrClN5O2. The minimum Gasteiger partial charge on any atom is -0.399 e. The van der Waals surface area contributed by atoms with Gasteiger partial charge in [0.1, 0.15) is 11.8 Å². The maximum atomic E-state index is 13.1. The van der Waals surface area contributed by atoms with Crippen molar-refractivity contribution in [2.24, 2.45) is 0 Å². The standard InChI is InChI=1S/C26H23BrClN5O2/c1-16-25(34)32(13-12-17-2-7-20(29)8-3-17)26(35-16)22-15-33(21-9-4-18(27)5-10-21)31-24(22)23-11-6-19(28)14-30-23/h2-11,14-16,26H,12-13,29H2,1H3. The first-order valence-electron chi connectivity index (χ1n) is 11.2. The Kier molecular flexibility index (Phi) is 6.60. The molecule has 178 valence electrons. The molecule has 0 radical (unpaired) electrons. The summed E-state index contributed by atoms with van der Waals surface area (Å²) < 4.78 is 8.93. The first-order valence-corrected chi connectivity index (χ1v) is 12.3. The Morgan fingerprint density at radius 2 is 1.83 bits per heavy atom. The van der Waals surface area contributed by atoms with Gasteiger partial charge in [-0.2, -0.15) is 5.10 Å². The second-order valence-corrected chi connectivity index (χ2v) is 9.72. The van der Waals surface area contributed by atoms with E-state index in [1.54, 1.807) is 28.8 Å². The van der Waals surface area contributed by atoms with Crippen LogP contribution in [0.4, 0.5) is 5.69 Å². The van der Waals surface area contributed by atoms with Gasteiger partial charge in [-0.25, -0.2) is 4.68 Å². The van der Waals surface area contributed by atoms with Gasteiger partial charge in [0.2, 0.25) is 0 Å². The van der Waals surface area contributed by atoms with Gasteiger partial charge in [-0.05, 0) is 67.4 Å². The van der Waals surface area contributed by atoms with Crippen LogP contribution in [0.25, 0.3) is 17.1 Å². The van der Waals surface area contributed by atoms with E-state index in [-0.39, 0.29) is 5.91 Å². The van der Waals surface area contributed by atoms with Crippen LogP contribution in [-0.4, -0.2) is 38.2 Å². The fraction of sp³-hybridized carbons (Fsp3) is 0.192. The van der Waals surface area contributed by atoms with Gasteiger partial charge in [-0.1, -0.05) is 39.7 Å². The number of ether oxygens (including phenoxy) is 1. The third-order valence-electron chi connectivity index (χ3n) is 5.94. The molecule has 2 N–H and O–H groups in total. The minimum absolute atomic E-state index is 0.0585. The number of benzene rings is 2. The predicted octanol–water partition coefficient (Wildman–Crippen LogP) is 5.42. The van der Waals surface area contributed by atoms with Crippen LogP contribution in [0.15, 0.2) is 77.5 Å². The number of carbonyl (C=O) groups is 1. The highest BCUT2D eigenvalue weighted by molar-refractivity contribution is 9.10. The maximum Gasteiger partial charge on any atom is 0.253 e. The van der Waals surface area contributed by atoms with E-state index in [2.05, 4.69) is 20.9 Å². The molecule has 4 aromatic rings. The normalized spacial score (nSPS) is 17.8. The Bertz CT molecular complexity index is 1340. The molecule has 7 nitrogen and oxygen atoms in total. The van der Waals surface area contributed by atoms with Gasteiger partial charge < -0.3 is 15.4 Å². The highest BCUT2D eigenvalue weighted by Gasteiger charge is 2.40. The van der Waals surface area contributed by atoms with Crippen LogP contribution in [-0.2, 0) is 16.0 Å². The van der Waals surface area contributed by atoms with Crippen molar-refractivity contribution in [3.05, 3.63) is 93.7 Å². The number of hydrogen-bond acceptors (Lipinski definition) is 5. The molecule has 1 saturated heterocycles. The van der Waals surface area contributed by atoms with Crippen molar-refractivity contribution in [2.75, 3.05) is 12.3 Å². The lowest BCUT2D eigenvalue weighted by Gasteiger charge is -2.23. The third kappa shape index (κ3) is 4.96. The largest absolute Gasteiger partial charge is 0.399 e. The lowest BCUT2D eigenvalue weighted by Crippen LogP contribution is -2.32. The zero-order chi connectivity index (χ0) is 24.5. The Morgan fingerprint density at radius 1 is 1.09 bits per heavy atom. The van der Waals surface area contributed by atoms with E-state index < -0.39 is 12.3 Å². The van der Waals surface area contributed by atoms with Crippen molar-refractivity contribution in [3.8, 4) is 17.1 Å². The summed E-state index contributed by atoms with van der Waals surface area (Å²) in [5.41, 5.74) is 10.5. The molecule has 9 heteroatoms. The number of nitrogens with two attached hydrogens (primary N) is 1. The van der Waals surface area contributed by atoms with Crippen LogP contribution in [0.2, 0.25) is 5.02 Å². The van der Waals surface area contributed by atoms with Crippen LogP contribution in [0.3, 0.4) is 0 Å². The Labute approximate surface area is 216 Å². The monoisotopic (exact) mass is 551 g/mol. The lowest BCUT2D eigenvalue weighted by atomic mass is 10.1. The molecule has 0 aliphatic carbocycles. The highest BCUT2D eigenvalue weighted by atomic mass is 79.9. The lowest BCUT2D eigenvalue weighted by molar-refractivity contribution is -0.130. The number of rotatable bonds is 6. The maximum absolute atomic E-state index is 13.1. The molecular weight excluding hydrogens is 530 g/mol. The number of amides is 1. The van der Waals surface area contributed by atoms with Crippen LogP contribution < -0.4 is 5.73 Å². The Hall–Kier alpha value is -3.20. The second-order valence-electron chi connectivity index (χ2n) is 8.37. The summed E-state index contributed by atoms with van der Waals surface area (Å²) >= 11 is 9.55. The number of aromatic nitrogens is 3. The van der Waals surface area contributed by atoms with E-state index in [1.165, 1.54) is 0 Å². The average Bonchev–Trinajstić information content (AvgIpc) is 3.41. The fourth-order valence-electron chi connectivity index (χ4n) is 4.09. The molecule has 1 aliphatic rings. The quantitative estimate of drug-likeness (QED) is 0.323. The highest BCUT2D eigenvalue weighted by Crippen LogP contribution is 2.37. The molecule has 1 amide bonds. The van der Waals surface area contributed by atoms with Crippen LogP contribution >= 0.6 is 27.5 Å². The molecule has 1 aliphatic heterocycles. The van der Waals surface area contributed by atoms with Gasteiger partial charge in [0.05, 0.1) is 16.4 Å². The van der Waals surface area contributed by atoms with Crippen LogP contribution in [0.5, 0.6) is 0 Å². The SMILES string of the molecule is CC1OC(c2cn(-c3ccc(Br)cc3)nc2-c2ccc(Cl)cn2)N(CCc2ccc(N)cc2)C1=O. The van der Waals surface area contributed by atoms with Crippen LogP contribution in [0, 0.1) is 0 Å². The first-order chi connectivity index (χ1) is 16.9. The van der Waals surface area contributed by atoms with Crippen molar-refractivity contribution in [1.82, 2.24) is 19.7 Å². The number of anilines is 1. The van der Waals surface area contributed by atoms with E-state index in [1.807, 2.05) is 60.8 Å². The summed E-state index contributed by atoms with van der Waals surface area (Å²) in [6.45, 7) is 2.27. The average molecular weight is 553 g/mol. The minimum atomic E-state index is -0.594. The summed E-state index contributed by atoms with van der Waals surface area (Å²) in [5.74, 6) is -0.0585. The van der Waals surface area contributed by atoms with Gasteiger partial charge in [0, 0.05) is 34.7 Å². The van der Waals surface area contributed by atoms with Gasteiger partial charge in [0.25, 0.3) is 5.91 Å². The molecule has 2 aromatic carbocycles. The number of nitrogen functional groups attached to an aromatic ring is 1. The van der Waals surface area contributed by atoms with Crippen molar-refractivity contribution in [2.45, 2.75) is 25.7 Å². The van der Waals surface area contributed by atoms with E-state index in [4.69, 9.17) is 27.2 Å². The summed E-state index contributed by atoms with van der Waals surface area (Å²) in [4.78, 5) is 19.3. The van der Waals surface area contributed by atoms with E-state index in [9.17, 15) is 4.79 Å². The number of nitrogens with zero attached hydrogens (tertiary/aromatic N) is 4. The van der Waals surface area contributed by atoms with Crippen molar-refractivity contribution in [1.29, 1.82) is 0 Å². The smallest absolute Gasteiger partial charge is 0.253 e. The summed E-state index contributed by atoms with van der Waals surface area (Å²) in [6, 6.07) is 19.1. The number of hydrogen-bond donors (Lipinski definition) is 1. The predicted molar refractivity (Wildman–Crippen MR) is 139 cm³/mol. The van der Waals surface area contributed by atoms with Gasteiger partial charge in [-0.15, -0.1) is 0 Å². The van der Waals surface area contributed by atoms with Gasteiger partial charge in [-0.3, -0.25) is 9.78 Å². The molecule has 3 heterocycles. The molecule has 0 bridgehead atoms. The van der Waals surface area contributed by atoms with Gasteiger partial charge in [0.15, 0.2) is 6.23 Å². The summed E-state index contributed by atoms with van der Waals surface area (Å²) in [6.07, 6.45) is 3.01.